The zero-order valence-electron chi connectivity index (χ0n) is 30.2. The molecule has 53 heavy (non-hydrogen) atoms. The number of pyridine rings is 1. The first kappa shape index (κ1) is 37.6. The van der Waals surface area contributed by atoms with Gasteiger partial charge in [-0.2, -0.15) is 0 Å². The Kier molecular flexibility index (Phi) is 10.4. The van der Waals surface area contributed by atoms with Crippen molar-refractivity contribution in [1.29, 1.82) is 0 Å². The van der Waals surface area contributed by atoms with Gasteiger partial charge in [-0.05, 0) is 59.9 Å². The fourth-order valence-electron chi connectivity index (χ4n) is 6.60. The Morgan fingerprint density at radius 2 is 1.83 bits per heavy atom. The molecule has 3 aromatic rings. The molecule has 1 saturated heterocycles. The van der Waals surface area contributed by atoms with Crippen molar-refractivity contribution in [2.45, 2.75) is 82.0 Å². The molecule has 4 amide bonds. The molecule has 2 saturated carbocycles. The Hall–Kier alpha value is -5.18. The molecular formula is C38H45N5O9S. The molecule has 1 aliphatic heterocycles. The average molecular weight is 748 g/mol. The lowest BCUT2D eigenvalue weighted by Gasteiger charge is -2.35. The maximum absolute atomic E-state index is 14.5. The highest BCUT2D eigenvalue weighted by Gasteiger charge is 2.62. The number of hydrogen-bond donors (Lipinski definition) is 3. The molecule has 5 atom stereocenters. The smallest absolute Gasteiger partial charge is 0.408 e. The molecule has 14 nitrogen and oxygen atoms in total. The highest BCUT2D eigenvalue weighted by Crippen LogP contribution is 2.45. The molecule has 2 aromatic carbocycles. The van der Waals surface area contributed by atoms with Crippen LogP contribution in [0.3, 0.4) is 0 Å². The van der Waals surface area contributed by atoms with E-state index >= 15 is 0 Å². The number of carbonyl (C=O) groups is 4. The largest absolute Gasteiger partial charge is 0.497 e. The van der Waals surface area contributed by atoms with E-state index in [0.29, 0.717) is 24.0 Å². The lowest BCUT2D eigenvalue weighted by Crippen LogP contribution is -2.60. The number of alkyl carbamates (subject to hydrolysis) is 1. The summed E-state index contributed by atoms with van der Waals surface area (Å²) in [7, 11) is -2.34. The minimum Gasteiger partial charge on any atom is -0.497 e. The van der Waals surface area contributed by atoms with Crippen LogP contribution in [0.5, 0.6) is 11.6 Å². The Balaban J connectivity index is 1.26. The van der Waals surface area contributed by atoms with Crippen molar-refractivity contribution in [1.82, 2.24) is 25.2 Å². The number of nitrogens with one attached hydrogen (secondary N) is 3. The van der Waals surface area contributed by atoms with Crippen molar-refractivity contribution in [3.8, 4) is 11.6 Å². The number of amides is 4. The summed E-state index contributed by atoms with van der Waals surface area (Å²) >= 11 is 0. The van der Waals surface area contributed by atoms with Crippen molar-refractivity contribution in [3.63, 3.8) is 0 Å². The summed E-state index contributed by atoms with van der Waals surface area (Å²) < 4.78 is 44.7. The molecule has 3 N–H and O–H groups in total. The van der Waals surface area contributed by atoms with Crippen LogP contribution in [-0.4, -0.2) is 84.7 Å². The van der Waals surface area contributed by atoms with Crippen LogP contribution in [0.1, 0.15) is 52.0 Å². The first-order chi connectivity index (χ1) is 25.1. The van der Waals surface area contributed by atoms with Crippen LogP contribution in [0.15, 0.2) is 73.4 Å². The van der Waals surface area contributed by atoms with Gasteiger partial charge in [-0.3, -0.25) is 19.1 Å². The molecule has 3 fully saturated rings. The van der Waals surface area contributed by atoms with Gasteiger partial charge in [0, 0.05) is 23.9 Å². The van der Waals surface area contributed by atoms with Crippen LogP contribution in [-0.2, 0) is 35.8 Å². The van der Waals surface area contributed by atoms with Gasteiger partial charge in [0.25, 0.3) is 5.91 Å². The van der Waals surface area contributed by atoms with Crippen LogP contribution >= 0.6 is 0 Å². The third-order valence-corrected chi connectivity index (χ3v) is 11.7. The van der Waals surface area contributed by atoms with Gasteiger partial charge >= 0.3 is 6.09 Å². The second-order valence-corrected chi connectivity index (χ2v) is 16.8. The normalized spacial score (nSPS) is 23.0. The van der Waals surface area contributed by atoms with Crippen LogP contribution in [0.25, 0.3) is 10.8 Å². The first-order valence-corrected chi connectivity index (χ1v) is 19.1. The maximum atomic E-state index is 14.5. The predicted octanol–water partition coefficient (Wildman–Crippen LogP) is 3.60. The number of methoxy groups -OCH3 is 1. The summed E-state index contributed by atoms with van der Waals surface area (Å²) in [6.07, 6.45) is 2.59. The molecule has 3 aliphatic rings. The number of aromatic nitrogens is 1. The zero-order valence-corrected chi connectivity index (χ0v) is 31.0. The van der Waals surface area contributed by atoms with Gasteiger partial charge in [-0.25, -0.2) is 18.2 Å². The van der Waals surface area contributed by atoms with Crippen LogP contribution < -0.4 is 24.8 Å². The molecule has 2 aliphatic carbocycles. The molecule has 1 aromatic heterocycles. The van der Waals surface area contributed by atoms with Gasteiger partial charge in [0.2, 0.25) is 27.7 Å². The van der Waals surface area contributed by atoms with Crippen LogP contribution in [0.2, 0.25) is 0 Å². The number of carbonyl (C=O) groups excluding carboxylic acids is 4. The van der Waals surface area contributed by atoms with E-state index in [9.17, 15) is 27.6 Å². The van der Waals surface area contributed by atoms with Gasteiger partial charge < -0.3 is 29.7 Å². The number of rotatable bonds is 13. The van der Waals surface area contributed by atoms with Crippen LogP contribution in [0, 0.1) is 11.3 Å². The summed E-state index contributed by atoms with van der Waals surface area (Å²) in [6, 6.07) is 14.0. The van der Waals surface area contributed by atoms with E-state index in [1.165, 1.54) is 11.0 Å². The van der Waals surface area contributed by atoms with E-state index in [1.807, 2.05) is 30.3 Å². The van der Waals surface area contributed by atoms with Gasteiger partial charge in [-0.15, -0.1) is 6.58 Å². The molecule has 0 radical (unpaired) electrons. The number of likely N-dealkylation sites (tertiary alicyclic amines) is 1. The molecule has 2 heterocycles. The second-order valence-electron chi connectivity index (χ2n) is 14.9. The monoisotopic (exact) mass is 747 g/mol. The predicted molar refractivity (Wildman–Crippen MR) is 195 cm³/mol. The first-order valence-electron chi connectivity index (χ1n) is 17.5. The topological polar surface area (TPSA) is 182 Å². The molecule has 282 valence electrons. The maximum Gasteiger partial charge on any atom is 0.408 e. The van der Waals surface area contributed by atoms with Crippen molar-refractivity contribution in [2.75, 3.05) is 13.7 Å². The molecular weight excluding hydrogens is 703 g/mol. The molecule has 2 unspecified atom stereocenters. The fourth-order valence-corrected chi connectivity index (χ4v) is 7.96. The lowest BCUT2D eigenvalue weighted by molar-refractivity contribution is -0.142. The Morgan fingerprint density at radius 3 is 2.47 bits per heavy atom. The summed E-state index contributed by atoms with van der Waals surface area (Å²) in [4.78, 5) is 61.1. The zero-order chi connectivity index (χ0) is 38.1. The second kappa shape index (κ2) is 14.7. The Morgan fingerprint density at radius 1 is 1.09 bits per heavy atom. The minimum atomic E-state index is -3.90. The third-order valence-electron chi connectivity index (χ3n) is 9.90. The number of ether oxygens (including phenoxy) is 3. The summed E-state index contributed by atoms with van der Waals surface area (Å²) in [5.74, 6) is -1.69. The average Bonchev–Trinajstić information content (AvgIpc) is 4.06. The molecule has 6 rings (SSSR count). The summed E-state index contributed by atoms with van der Waals surface area (Å²) in [5.41, 5.74) is -1.63. The Bertz CT molecular complexity index is 2010. The number of hydrogen-bond acceptors (Lipinski definition) is 10. The van der Waals surface area contributed by atoms with Crippen LogP contribution in [0.4, 0.5) is 4.79 Å². The fraction of sp³-hybridized carbons (Fsp3) is 0.447. The summed E-state index contributed by atoms with van der Waals surface area (Å²) in [5, 5.41) is 6.34. The Labute approximate surface area is 308 Å². The quantitative estimate of drug-likeness (QED) is 0.219. The minimum absolute atomic E-state index is 0.0118. The molecule has 0 bridgehead atoms. The molecule has 0 spiro atoms. The highest BCUT2D eigenvalue weighted by molar-refractivity contribution is 7.91. The van der Waals surface area contributed by atoms with Gasteiger partial charge in [0.15, 0.2) is 0 Å². The summed E-state index contributed by atoms with van der Waals surface area (Å²) in [6.45, 7) is 9.02. The highest BCUT2D eigenvalue weighted by atomic mass is 32.2. The van der Waals surface area contributed by atoms with Crippen molar-refractivity contribution < 1.29 is 41.8 Å². The lowest BCUT2D eigenvalue weighted by atomic mass is 9.85. The van der Waals surface area contributed by atoms with Crippen molar-refractivity contribution >= 4 is 44.6 Å². The van der Waals surface area contributed by atoms with E-state index in [4.69, 9.17) is 14.2 Å². The van der Waals surface area contributed by atoms with Crippen molar-refractivity contribution in [3.05, 3.63) is 79.0 Å². The standard InChI is InChI=1S/C38H45N5O9S/c1-6-25-20-38(25,35(46)42-53(48,49)28-13-14-28)41-32(44)30-19-27(52-33-29-15-12-26(50-5)18-24(29)16-17-39-33)21-43(30)34(45)31(37(2,3)4)40-36(47)51-22-23-10-8-7-9-11-23/h6-12,15-18,25,27-28,30-31H,1,13-14,19-22H2,2-5H3,(H,40,47)(H,41,44)(H,42,46)/t25-,27?,30+,31-,38?/m1/s1. The van der Waals surface area contributed by atoms with E-state index in [0.717, 1.165) is 10.9 Å². The molecule has 15 heteroatoms. The van der Waals surface area contributed by atoms with Crippen molar-refractivity contribution in [2.24, 2.45) is 11.3 Å². The number of fused-ring (bicyclic) bond motifs is 1. The van der Waals surface area contributed by atoms with E-state index in [1.54, 1.807) is 58.3 Å². The number of nitrogens with zero attached hydrogens (tertiary/aromatic N) is 2. The van der Waals surface area contributed by atoms with E-state index in [2.05, 4.69) is 26.9 Å². The number of sulfonamides is 1. The van der Waals surface area contributed by atoms with Gasteiger partial charge in [-0.1, -0.05) is 57.2 Å². The van der Waals surface area contributed by atoms with E-state index in [-0.39, 0.29) is 31.9 Å². The SMILES string of the molecule is C=C[C@@H]1CC1(NC(=O)[C@@H]1CC(Oc2nccc3cc(OC)ccc23)CN1C(=O)[C@@H](NC(=O)OCc1ccccc1)C(C)(C)C)C(=O)NS(=O)(=O)C1CC1. The number of benzene rings is 2. The van der Waals surface area contributed by atoms with E-state index < -0.39 is 74.1 Å². The van der Waals surface area contributed by atoms with Gasteiger partial charge in [0.1, 0.15) is 36.1 Å². The third kappa shape index (κ3) is 8.24. The van der Waals surface area contributed by atoms with Gasteiger partial charge in [0.05, 0.1) is 18.9 Å².